The van der Waals surface area contributed by atoms with Crippen LogP contribution in [-0.4, -0.2) is 19.4 Å². The first-order chi connectivity index (χ1) is 15.0. The molecule has 4 heterocycles. The SMILES string of the molecule is CC/C(C)=C/C=C\c1c(C)ccn2c(C)c(CCc3ccc4cc(C)cnc4n3)nc12. The van der Waals surface area contributed by atoms with Crippen LogP contribution in [0.2, 0.25) is 0 Å². The average molecular weight is 411 g/mol. The number of allylic oxidation sites excluding steroid dienone is 3. The summed E-state index contributed by atoms with van der Waals surface area (Å²) in [7, 11) is 0. The largest absolute Gasteiger partial charge is 0.304 e. The maximum absolute atomic E-state index is 5.03. The van der Waals surface area contributed by atoms with Crippen molar-refractivity contribution in [3.05, 3.63) is 88.2 Å². The van der Waals surface area contributed by atoms with Gasteiger partial charge in [-0.25, -0.2) is 15.0 Å². The van der Waals surface area contributed by atoms with E-state index in [1.54, 1.807) is 0 Å². The summed E-state index contributed by atoms with van der Waals surface area (Å²) in [6.07, 6.45) is 13.3. The van der Waals surface area contributed by atoms with Crippen molar-refractivity contribution in [1.82, 2.24) is 19.4 Å². The molecular formula is C27H30N4. The first-order valence-corrected chi connectivity index (χ1v) is 11.0. The van der Waals surface area contributed by atoms with Gasteiger partial charge in [0.15, 0.2) is 5.65 Å². The summed E-state index contributed by atoms with van der Waals surface area (Å²) in [5.41, 5.74) is 10.1. The Labute approximate surface area is 184 Å². The Morgan fingerprint density at radius 2 is 1.90 bits per heavy atom. The lowest BCUT2D eigenvalue weighted by molar-refractivity contribution is 0.882. The first-order valence-electron chi connectivity index (χ1n) is 11.0. The molecule has 4 aromatic heterocycles. The van der Waals surface area contributed by atoms with Gasteiger partial charge in [-0.15, -0.1) is 0 Å². The number of nitrogens with zero attached hydrogens (tertiary/aromatic N) is 4. The molecule has 0 saturated heterocycles. The average Bonchev–Trinajstić information content (AvgIpc) is 3.09. The molecule has 0 unspecified atom stereocenters. The van der Waals surface area contributed by atoms with Crippen LogP contribution in [0.15, 0.2) is 54.4 Å². The van der Waals surface area contributed by atoms with Crippen LogP contribution in [-0.2, 0) is 12.8 Å². The third kappa shape index (κ3) is 4.43. The van der Waals surface area contributed by atoms with Gasteiger partial charge in [-0.1, -0.05) is 30.7 Å². The highest BCUT2D eigenvalue weighted by Gasteiger charge is 2.12. The number of hydrogen-bond donors (Lipinski definition) is 0. The highest BCUT2D eigenvalue weighted by molar-refractivity contribution is 5.75. The Balaban J connectivity index is 1.62. The van der Waals surface area contributed by atoms with Crippen LogP contribution in [0.25, 0.3) is 22.8 Å². The van der Waals surface area contributed by atoms with Gasteiger partial charge in [0.2, 0.25) is 0 Å². The molecule has 0 saturated carbocycles. The molecule has 4 heteroatoms. The second-order valence-corrected chi connectivity index (χ2v) is 8.34. The van der Waals surface area contributed by atoms with Crippen LogP contribution in [0.5, 0.6) is 0 Å². The highest BCUT2D eigenvalue weighted by Crippen LogP contribution is 2.22. The molecule has 0 aliphatic heterocycles. The van der Waals surface area contributed by atoms with Gasteiger partial charge in [0.1, 0.15) is 5.65 Å². The van der Waals surface area contributed by atoms with Crippen LogP contribution in [0.3, 0.4) is 0 Å². The van der Waals surface area contributed by atoms with Crippen molar-refractivity contribution in [3.63, 3.8) is 0 Å². The van der Waals surface area contributed by atoms with E-state index in [9.17, 15) is 0 Å². The molecule has 0 radical (unpaired) electrons. The molecule has 158 valence electrons. The molecule has 0 fully saturated rings. The fourth-order valence-electron chi connectivity index (χ4n) is 3.80. The molecule has 0 aliphatic rings. The molecule has 4 nitrogen and oxygen atoms in total. The topological polar surface area (TPSA) is 43.1 Å². The number of aryl methyl sites for hydroxylation is 5. The second kappa shape index (κ2) is 8.84. The Hall–Kier alpha value is -3.27. The molecule has 0 atom stereocenters. The van der Waals surface area contributed by atoms with E-state index < -0.39 is 0 Å². The van der Waals surface area contributed by atoms with Gasteiger partial charge in [-0.05, 0) is 82.3 Å². The fourth-order valence-corrected chi connectivity index (χ4v) is 3.80. The summed E-state index contributed by atoms with van der Waals surface area (Å²) < 4.78 is 2.20. The van der Waals surface area contributed by atoms with E-state index in [0.29, 0.717) is 0 Å². The van der Waals surface area contributed by atoms with Crippen molar-refractivity contribution in [2.45, 2.75) is 53.9 Å². The quantitative estimate of drug-likeness (QED) is 0.348. The number of pyridine rings is 3. The van der Waals surface area contributed by atoms with Crippen LogP contribution in [0.1, 0.15) is 54.0 Å². The minimum atomic E-state index is 0.813. The van der Waals surface area contributed by atoms with Gasteiger partial charge < -0.3 is 4.40 Å². The molecule has 4 aromatic rings. The molecule has 0 amide bonds. The van der Waals surface area contributed by atoms with Crippen molar-refractivity contribution in [2.24, 2.45) is 0 Å². The van der Waals surface area contributed by atoms with E-state index in [1.165, 1.54) is 22.4 Å². The summed E-state index contributed by atoms with van der Waals surface area (Å²) >= 11 is 0. The fraction of sp³-hybridized carbons (Fsp3) is 0.296. The van der Waals surface area contributed by atoms with Crippen molar-refractivity contribution < 1.29 is 0 Å². The Morgan fingerprint density at radius 1 is 1.06 bits per heavy atom. The molecule has 0 aliphatic carbocycles. The van der Waals surface area contributed by atoms with Crippen LogP contribution in [0.4, 0.5) is 0 Å². The van der Waals surface area contributed by atoms with Crippen molar-refractivity contribution in [1.29, 1.82) is 0 Å². The maximum atomic E-state index is 5.03. The van der Waals surface area contributed by atoms with Crippen molar-refractivity contribution in [3.8, 4) is 0 Å². The minimum absolute atomic E-state index is 0.813. The summed E-state index contributed by atoms with van der Waals surface area (Å²) in [4.78, 5) is 14.2. The van der Waals surface area contributed by atoms with Gasteiger partial charge in [0, 0.05) is 34.7 Å². The molecule has 0 bridgehead atoms. The molecule has 4 rings (SSSR count). The Kier molecular flexibility index (Phi) is 5.99. The van der Waals surface area contributed by atoms with Crippen molar-refractivity contribution >= 4 is 22.8 Å². The summed E-state index contributed by atoms with van der Waals surface area (Å²) in [6, 6.07) is 8.52. The maximum Gasteiger partial charge on any atom is 0.159 e. The lowest BCUT2D eigenvalue weighted by Gasteiger charge is -2.04. The number of fused-ring (bicyclic) bond motifs is 2. The summed E-state index contributed by atoms with van der Waals surface area (Å²) in [6.45, 7) is 10.7. The number of rotatable bonds is 6. The zero-order chi connectivity index (χ0) is 22.0. The molecule has 31 heavy (non-hydrogen) atoms. The molecular weight excluding hydrogens is 380 g/mol. The molecule has 0 N–H and O–H groups in total. The van der Waals surface area contributed by atoms with Gasteiger partial charge in [-0.2, -0.15) is 0 Å². The standard InChI is InChI=1S/C27H30N4/c1-6-18(2)8-7-9-24-20(4)14-15-31-21(5)25(30-27(24)31)13-12-23-11-10-22-16-19(3)17-28-26(22)29-23/h7-11,14-17H,6,12-13H2,1-5H3/b9-7-,18-8+. The lowest BCUT2D eigenvalue weighted by Crippen LogP contribution is -1.98. The number of aromatic nitrogens is 4. The predicted octanol–water partition coefficient (Wildman–Crippen LogP) is 6.36. The van der Waals surface area contributed by atoms with Gasteiger partial charge in [-0.3, -0.25) is 0 Å². The monoisotopic (exact) mass is 410 g/mol. The van der Waals surface area contributed by atoms with E-state index in [4.69, 9.17) is 9.97 Å². The summed E-state index contributed by atoms with van der Waals surface area (Å²) in [5, 5.41) is 1.09. The number of imidazole rings is 1. The van der Waals surface area contributed by atoms with E-state index in [0.717, 1.165) is 52.9 Å². The van der Waals surface area contributed by atoms with E-state index in [2.05, 4.69) is 92.7 Å². The normalized spacial score (nSPS) is 12.5. The van der Waals surface area contributed by atoms with Gasteiger partial charge in [0.25, 0.3) is 0 Å². The zero-order valence-corrected chi connectivity index (χ0v) is 19.1. The lowest BCUT2D eigenvalue weighted by atomic mass is 10.1. The van der Waals surface area contributed by atoms with Gasteiger partial charge in [0.05, 0.1) is 5.69 Å². The molecule has 0 spiro atoms. The van der Waals surface area contributed by atoms with Crippen molar-refractivity contribution in [2.75, 3.05) is 0 Å². The van der Waals surface area contributed by atoms with Crippen LogP contribution >= 0.6 is 0 Å². The molecule has 0 aromatic carbocycles. The zero-order valence-electron chi connectivity index (χ0n) is 19.1. The van der Waals surface area contributed by atoms with E-state index in [1.807, 2.05) is 6.20 Å². The van der Waals surface area contributed by atoms with E-state index >= 15 is 0 Å². The summed E-state index contributed by atoms with van der Waals surface area (Å²) in [5.74, 6) is 0. The van der Waals surface area contributed by atoms with Gasteiger partial charge >= 0.3 is 0 Å². The van der Waals surface area contributed by atoms with Crippen LogP contribution in [0, 0.1) is 20.8 Å². The Bertz CT molecular complexity index is 1310. The minimum Gasteiger partial charge on any atom is -0.304 e. The smallest absolute Gasteiger partial charge is 0.159 e. The first kappa shape index (κ1) is 21.0. The number of hydrogen-bond acceptors (Lipinski definition) is 3. The highest BCUT2D eigenvalue weighted by atomic mass is 15.0. The second-order valence-electron chi connectivity index (χ2n) is 8.34. The third-order valence-corrected chi connectivity index (χ3v) is 5.94. The van der Waals surface area contributed by atoms with E-state index in [-0.39, 0.29) is 0 Å². The third-order valence-electron chi connectivity index (χ3n) is 5.94. The van der Waals surface area contributed by atoms with Crippen LogP contribution < -0.4 is 0 Å². The Morgan fingerprint density at radius 3 is 2.71 bits per heavy atom. The predicted molar refractivity (Wildman–Crippen MR) is 129 cm³/mol.